The molecule has 0 spiro atoms. The molecule has 1 atom stereocenters. The highest BCUT2D eigenvalue weighted by molar-refractivity contribution is 5.94. The third-order valence-corrected chi connectivity index (χ3v) is 4.94. The molecule has 2 aromatic rings. The van der Waals surface area contributed by atoms with Gasteiger partial charge in [0.15, 0.2) is 0 Å². The van der Waals surface area contributed by atoms with E-state index in [1.807, 2.05) is 24.3 Å². The Kier molecular flexibility index (Phi) is 4.84. The Morgan fingerprint density at radius 3 is 2.62 bits per heavy atom. The quantitative estimate of drug-likeness (QED) is 0.837. The predicted molar refractivity (Wildman–Crippen MR) is 98.6 cm³/mol. The van der Waals surface area contributed by atoms with Gasteiger partial charge in [0.05, 0.1) is 5.56 Å². The van der Waals surface area contributed by atoms with Crippen molar-refractivity contribution in [2.75, 3.05) is 18.0 Å². The summed E-state index contributed by atoms with van der Waals surface area (Å²) in [6, 6.07) is 11.1. The van der Waals surface area contributed by atoms with E-state index in [4.69, 9.17) is 0 Å². The van der Waals surface area contributed by atoms with Gasteiger partial charge in [0.25, 0.3) is 5.91 Å². The van der Waals surface area contributed by atoms with Crippen LogP contribution in [0.15, 0.2) is 42.6 Å². The molecule has 136 valence electrons. The fourth-order valence-corrected chi connectivity index (χ4v) is 3.20. The summed E-state index contributed by atoms with van der Waals surface area (Å²) in [6.07, 6.45) is 4.85. The molecule has 5 nitrogen and oxygen atoms in total. The van der Waals surface area contributed by atoms with Crippen LogP contribution >= 0.6 is 0 Å². The molecule has 0 radical (unpaired) electrons. The Balaban J connectivity index is 1.28. The van der Waals surface area contributed by atoms with E-state index >= 15 is 0 Å². The number of anilines is 1. The lowest BCUT2D eigenvalue weighted by Crippen LogP contribution is -2.32. The first-order valence-electron chi connectivity index (χ1n) is 9.17. The molecule has 0 unspecified atom stereocenters. The van der Waals surface area contributed by atoms with Crippen molar-refractivity contribution in [2.24, 2.45) is 0 Å². The number of nitrogens with zero attached hydrogens (tertiary/aromatic N) is 2. The first-order chi connectivity index (χ1) is 12.7. The van der Waals surface area contributed by atoms with Crippen LogP contribution in [0.5, 0.6) is 0 Å². The Labute approximate surface area is 152 Å². The molecule has 1 saturated carbocycles. The van der Waals surface area contributed by atoms with E-state index in [9.17, 15) is 9.18 Å². The van der Waals surface area contributed by atoms with Crippen molar-refractivity contribution < 1.29 is 9.18 Å². The first-order valence-corrected chi connectivity index (χ1v) is 9.17. The molecule has 26 heavy (non-hydrogen) atoms. The average Bonchev–Trinajstić information content (AvgIpc) is 3.35. The van der Waals surface area contributed by atoms with Gasteiger partial charge >= 0.3 is 0 Å². The van der Waals surface area contributed by atoms with Crippen molar-refractivity contribution in [3.05, 3.63) is 59.5 Å². The van der Waals surface area contributed by atoms with Crippen LogP contribution in [0.25, 0.3) is 0 Å². The fraction of sp³-hybridized carbons (Fsp3) is 0.400. The van der Waals surface area contributed by atoms with Gasteiger partial charge in [0.2, 0.25) is 0 Å². The minimum absolute atomic E-state index is 0.0354. The third kappa shape index (κ3) is 4.19. The maximum Gasteiger partial charge on any atom is 0.253 e. The largest absolute Gasteiger partial charge is 0.355 e. The van der Waals surface area contributed by atoms with Crippen molar-refractivity contribution in [1.82, 2.24) is 15.6 Å². The van der Waals surface area contributed by atoms with Gasteiger partial charge in [-0.3, -0.25) is 4.79 Å². The number of carbonyl (C=O) groups is 1. The number of aromatic nitrogens is 1. The summed E-state index contributed by atoms with van der Waals surface area (Å²) in [5, 5.41) is 6.50. The van der Waals surface area contributed by atoms with Gasteiger partial charge in [-0.05, 0) is 49.1 Å². The van der Waals surface area contributed by atoms with Crippen molar-refractivity contribution in [3.63, 3.8) is 0 Å². The van der Waals surface area contributed by atoms with Gasteiger partial charge in [-0.25, -0.2) is 9.37 Å². The van der Waals surface area contributed by atoms with Crippen LogP contribution in [0.1, 0.15) is 35.2 Å². The number of hydrogen-bond acceptors (Lipinski definition) is 4. The van der Waals surface area contributed by atoms with Crippen molar-refractivity contribution in [1.29, 1.82) is 0 Å². The molecule has 2 aliphatic rings. The summed E-state index contributed by atoms with van der Waals surface area (Å²) in [7, 11) is 0. The number of pyridine rings is 1. The normalized spacial score (nSPS) is 19.6. The molecule has 0 bridgehead atoms. The van der Waals surface area contributed by atoms with Crippen molar-refractivity contribution >= 4 is 11.7 Å². The molecule has 1 aromatic heterocycles. The van der Waals surface area contributed by atoms with Crippen molar-refractivity contribution in [2.45, 2.75) is 37.9 Å². The summed E-state index contributed by atoms with van der Waals surface area (Å²) in [5.41, 5.74) is 1.69. The molecule has 2 heterocycles. The summed E-state index contributed by atoms with van der Waals surface area (Å²) < 4.78 is 13.0. The maximum atomic E-state index is 13.0. The Bertz CT molecular complexity index is 758. The standard InChI is InChI=1S/C20H23FN4O/c21-16-4-1-14(2-5-16)11-22-18-9-10-25(13-18)19-8-3-15(12-23-19)20(26)24-17-6-7-17/h1-5,8,12,17-18,22H,6-7,9-11,13H2,(H,24,26)/t18-/m1/s1. The van der Waals surface area contributed by atoms with E-state index in [1.54, 1.807) is 6.20 Å². The maximum absolute atomic E-state index is 13.0. The summed E-state index contributed by atoms with van der Waals surface area (Å²) in [6.45, 7) is 2.54. The second kappa shape index (κ2) is 7.41. The van der Waals surface area contributed by atoms with Gasteiger partial charge in [-0.2, -0.15) is 0 Å². The molecule has 1 amide bonds. The number of amides is 1. The van der Waals surface area contributed by atoms with E-state index in [1.165, 1.54) is 12.1 Å². The van der Waals surface area contributed by atoms with Crippen LogP contribution in [-0.2, 0) is 6.54 Å². The summed E-state index contributed by atoms with van der Waals surface area (Å²) in [4.78, 5) is 18.7. The number of halogens is 1. The number of benzene rings is 1. The average molecular weight is 354 g/mol. The van der Waals surface area contributed by atoms with Gasteiger partial charge in [0.1, 0.15) is 11.6 Å². The first kappa shape index (κ1) is 17.0. The predicted octanol–water partition coefficient (Wildman–Crippen LogP) is 2.48. The third-order valence-electron chi connectivity index (χ3n) is 4.94. The zero-order valence-electron chi connectivity index (χ0n) is 14.6. The molecular weight excluding hydrogens is 331 g/mol. The molecule has 1 aromatic carbocycles. The van der Waals surface area contributed by atoms with Crippen LogP contribution in [0.2, 0.25) is 0 Å². The zero-order valence-corrected chi connectivity index (χ0v) is 14.6. The highest BCUT2D eigenvalue weighted by Crippen LogP contribution is 2.21. The number of carbonyl (C=O) groups excluding carboxylic acids is 1. The SMILES string of the molecule is O=C(NC1CC1)c1ccc(N2CC[C@@H](NCc3ccc(F)cc3)C2)nc1. The summed E-state index contributed by atoms with van der Waals surface area (Å²) in [5.74, 6) is 0.659. The second-order valence-electron chi connectivity index (χ2n) is 7.09. The molecule has 1 aliphatic carbocycles. The smallest absolute Gasteiger partial charge is 0.253 e. The van der Waals surface area contributed by atoms with Crippen LogP contribution in [0, 0.1) is 5.82 Å². The van der Waals surface area contributed by atoms with Gasteiger partial charge in [-0.15, -0.1) is 0 Å². The second-order valence-corrected chi connectivity index (χ2v) is 7.09. The van der Waals surface area contributed by atoms with E-state index in [0.717, 1.165) is 50.3 Å². The topological polar surface area (TPSA) is 57.3 Å². The lowest BCUT2D eigenvalue weighted by molar-refractivity contribution is 0.0950. The minimum Gasteiger partial charge on any atom is -0.355 e. The monoisotopic (exact) mass is 354 g/mol. The lowest BCUT2D eigenvalue weighted by atomic mass is 10.2. The van der Waals surface area contributed by atoms with Crippen LogP contribution in [0.3, 0.4) is 0 Å². The highest BCUT2D eigenvalue weighted by atomic mass is 19.1. The number of nitrogens with one attached hydrogen (secondary N) is 2. The van der Waals surface area contributed by atoms with E-state index in [-0.39, 0.29) is 11.7 Å². The van der Waals surface area contributed by atoms with Gasteiger partial charge in [0, 0.05) is 37.9 Å². The molecule has 2 N–H and O–H groups in total. The van der Waals surface area contributed by atoms with E-state index < -0.39 is 0 Å². The van der Waals surface area contributed by atoms with Crippen LogP contribution in [-0.4, -0.2) is 36.1 Å². The van der Waals surface area contributed by atoms with Crippen LogP contribution in [0.4, 0.5) is 10.2 Å². The minimum atomic E-state index is -0.207. The van der Waals surface area contributed by atoms with Gasteiger partial charge < -0.3 is 15.5 Å². The molecule has 1 saturated heterocycles. The van der Waals surface area contributed by atoms with Gasteiger partial charge in [-0.1, -0.05) is 12.1 Å². The van der Waals surface area contributed by atoms with E-state index in [2.05, 4.69) is 20.5 Å². The Morgan fingerprint density at radius 1 is 1.12 bits per heavy atom. The summed E-state index contributed by atoms with van der Waals surface area (Å²) >= 11 is 0. The number of rotatable bonds is 6. The molecule has 2 fully saturated rings. The Hall–Kier alpha value is -2.47. The lowest BCUT2D eigenvalue weighted by Gasteiger charge is -2.18. The van der Waals surface area contributed by atoms with E-state index in [0.29, 0.717) is 17.6 Å². The van der Waals surface area contributed by atoms with Crippen molar-refractivity contribution in [3.8, 4) is 0 Å². The van der Waals surface area contributed by atoms with Crippen LogP contribution < -0.4 is 15.5 Å². The highest BCUT2D eigenvalue weighted by Gasteiger charge is 2.25. The molecule has 6 heteroatoms. The molecule has 4 rings (SSSR count). The molecular formula is C20H23FN4O. The molecule has 1 aliphatic heterocycles. The zero-order chi connectivity index (χ0) is 17.9. The number of hydrogen-bond donors (Lipinski definition) is 2. The Morgan fingerprint density at radius 2 is 1.92 bits per heavy atom. The fourth-order valence-electron chi connectivity index (χ4n) is 3.20.